The molecule has 0 spiro atoms. The fourth-order valence-corrected chi connectivity index (χ4v) is 3.13. The van der Waals surface area contributed by atoms with Crippen LogP contribution in [0.25, 0.3) is 0 Å². The first-order valence-electron chi connectivity index (χ1n) is 7.55. The van der Waals surface area contributed by atoms with Crippen molar-refractivity contribution in [3.63, 3.8) is 0 Å². The van der Waals surface area contributed by atoms with E-state index in [1.807, 2.05) is 0 Å². The Morgan fingerprint density at radius 3 is 2.00 bits per heavy atom. The van der Waals surface area contributed by atoms with Crippen LogP contribution in [0.5, 0.6) is 0 Å². The predicted octanol–water partition coefficient (Wildman–Crippen LogP) is 3.88. The first-order chi connectivity index (χ1) is 13.3. The van der Waals surface area contributed by atoms with Crippen molar-refractivity contribution in [2.24, 2.45) is 0 Å². The van der Waals surface area contributed by atoms with Crippen LogP contribution in [0, 0.1) is 0 Å². The monoisotopic (exact) mass is 491 g/mol. The van der Waals surface area contributed by atoms with Gasteiger partial charge in [0, 0.05) is 4.47 Å². The summed E-state index contributed by atoms with van der Waals surface area (Å²) >= 11 is 2.79. The molecule has 0 amide bonds. The summed E-state index contributed by atoms with van der Waals surface area (Å²) in [5.74, 6) is -2.14. The Bertz CT molecular complexity index is 865. The Kier molecular flexibility index (Phi) is 6.52. The molecule has 0 bridgehead atoms. The topological polar surface area (TPSA) is 65.1 Å². The molecule has 6 nitrogen and oxygen atoms in total. The molecule has 0 saturated carbocycles. The van der Waals surface area contributed by atoms with E-state index in [2.05, 4.69) is 25.4 Å². The minimum absolute atomic E-state index is 0.208. The lowest BCUT2D eigenvalue weighted by atomic mass is 10.0. The average Bonchev–Trinajstić information content (AvgIpc) is 2.64. The Morgan fingerprint density at radius 1 is 1.00 bits per heavy atom. The van der Waals surface area contributed by atoms with Crippen molar-refractivity contribution in [2.45, 2.75) is 12.4 Å². The number of nitrogens with zero attached hydrogens (tertiary/aromatic N) is 1. The van der Waals surface area contributed by atoms with Crippen molar-refractivity contribution >= 4 is 33.6 Å². The van der Waals surface area contributed by atoms with Crippen molar-refractivity contribution in [3.8, 4) is 0 Å². The van der Waals surface area contributed by atoms with E-state index in [0.29, 0.717) is 0 Å². The zero-order valence-corrected chi connectivity index (χ0v) is 16.3. The molecular weight excluding hydrogens is 480 g/mol. The minimum Gasteiger partial charge on any atom is -0.466 e. The number of rotatable bonds is 3. The third-order valence-electron chi connectivity index (χ3n) is 3.82. The van der Waals surface area contributed by atoms with Gasteiger partial charge in [-0.1, -0.05) is 0 Å². The van der Waals surface area contributed by atoms with Crippen molar-refractivity contribution in [1.29, 1.82) is 0 Å². The number of alkyl halides is 6. The molecule has 29 heavy (non-hydrogen) atoms. The van der Waals surface area contributed by atoms with Crippen molar-refractivity contribution in [1.82, 2.24) is 0 Å². The normalized spacial score (nSPS) is 15.4. The maximum Gasteiger partial charge on any atom is 0.417 e. The maximum absolute atomic E-state index is 13.3. The average molecular weight is 492 g/mol. The van der Waals surface area contributed by atoms with Crippen LogP contribution in [0.1, 0.15) is 11.1 Å². The fourth-order valence-electron chi connectivity index (χ4n) is 2.57. The summed E-state index contributed by atoms with van der Waals surface area (Å²) in [7, 11) is 1.96. The zero-order chi connectivity index (χ0) is 22.1. The Hall–Kier alpha value is -2.28. The summed E-state index contributed by atoms with van der Waals surface area (Å²) in [5.41, 5.74) is -5.27. The van der Waals surface area contributed by atoms with Crippen LogP contribution < -0.4 is 4.90 Å². The number of methoxy groups -OCH3 is 2. The van der Waals surface area contributed by atoms with Gasteiger partial charge in [-0.25, -0.2) is 9.59 Å². The van der Waals surface area contributed by atoms with E-state index in [4.69, 9.17) is 4.74 Å². The van der Waals surface area contributed by atoms with Crippen LogP contribution in [-0.2, 0) is 36.2 Å². The van der Waals surface area contributed by atoms with Gasteiger partial charge in [0.1, 0.15) is 12.4 Å². The van der Waals surface area contributed by atoms with E-state index in [1.165, 1.54) is 0 Å². The number of carbonyl (C=O) groups is 2. The zero-order valence-electron chi connectivity index (χ0n) is 14.7. The van der Waals surface area contributed by atoms with Gasteiger partial charge >= 0.3 is 24.3 Å². The quantitative estimate of drug-likeness (QED) is 0.472. The number of benzene rings is 1. The SMILES string of the molecule is COC(=O)C1=C(C(=O)OC)N(c2cc(C(F)(F)F)c(C(F)(F)F)cc2Br)COC1. The van der Waals surface area contributed by atoms with Crippen LogP contribution >= 0.6 is 15.9 Å². The van der Waals surface area contributed by atoms with Crippen LogP contribution in [0.2, 0.25) is 0 Å². The molecule has 1 aromatic carbocycles. The molecule has 0 aliphatic carbocycles. The third kappa shape index (κ3) is 4.66. The van der Waals surface area contributed by atoms with Gasteiger partial charge < -0.3 is 19.1 Å². The van der Waals surface area contributed by atoms with Gasteiger partial charge in [0.15, 0.2) is 0 Å². The van der Waals surface area contributed by atoms with Gasteiger partial charge in [-0.15, -0.1) is 0 Å². The number of ether oxygens (including phenoxy) is 3. The predicted molar refractivity (Wildman–Crippen MR) is 88.5 cm³/mol. The standard InChI is InChI=1S/C16H12BrF6NO5/c1-27-13(25)7-5-29-6-24(12(7)14(26)28-2)11-4-9(16(21,22)23)8(3-10(11)17)15(18,19)20/h3-4H,5-6H2,1-2H3. The van der Waals surface area contributed by atoms with Gasteiger partial charge in [-0.3, -0.25) is 0 Å². The lowest BCUT2D eigenvalue weighted by Gasteiger charge is -2.32. The second kappa shape index (κ2) is 8.22. The Labute approximate surface area is 168 Å². The van der Waals surface area contributed by atoms with E-state index < -0.39 is 64.6 Å². The summed E-state index contributed by atoms with van der Waals surface area (Å²) in [6.07, 6.45) is -10.6. The van der Waals surface area contributed by atoms with Crippen LogP contribution in [0.4, 0.5) is 32.0 Å². The highest BCUT2D eigenvalue weighted by Gasteiger charge is 2.44. The van der Waals surface area contributed by atoms with Crippen LogP contribution in [0.15, 0.2) is 27.9 Å². The van der Waals surface area contributed by atoms with E-state index >= 15 is 0 Å². The first-order valence-corrected chi connectivity index (χ1v) is 8.35. The smallest absolute Gasteiger partial charge is 0.417 e. The van der Waals surface area contributed by atoms with Gasteiger partial charge in [0.05, 0.1) is 43.2 Å². The number of hydrogen-bond acceptors (Lipinski definition) is 6. The lowest BCUT2D eigenvalue weighted by molar-refractivity contribution is -0.162. The van der Waals surface area contributed by atoms with E-state index in [9.17, 15) is 35.9 Å². The van der Waals surface area contributed by atoms with E-state index in [0.717, 1.165) is 19.1 Å². The summed E-state index contributed by atoms with van der Waals surface area (Å²) in [6, 6.07) is 0.443. The van der Waals surface area contributed by atoms with Crippen molar-refractivity contribution < 1.29 is 50.1 Å². The molecule has 13 heteroatoms. The second-order valence-electron chi connectivity index (χ2n) is 5.56. The number of carbonyl (C=O) groups excluding carboxylic acids is 2. The van der Waals surface area contributed by atoms with Crippen LogP contribution in [-0.4, -0.2) is 39.5 Å². The van der Waals surface area contributed by atoms with E-state index in [-0.39, 0.29) is 17.7 Å². The minimum atomic E-state index is -5.35. The molecule has 0 N–H and O–H groups in total. The number of anilines is 1. The molecule has 160 valence electrons. The molecule has 1 heterocycles. The van der Waals surface area contributed by atoms with Gasteiger partial charge in [0.2, 0.25) is 0 Å². The molecule has 0 atom stereocenters. The first kappa shape index (κ1) is 23.0. The highest BCUT2D eigenvalue weighted by Crippen LogP contribution is 2.45. The van der Waals surface area contributed by atoms with Gasteiger partial charge in [0.25, 0.3) is 0 Å². The van der Waals surface area contributed by atoms with Gasteiger partial charge in [-0.05, 0) is 28.1 Å². The molecular formula is C16H12BrF6NO5. The Morgan fingerprint density at radius 2 is 1.52 bits per heavy atom. The molecule has 0 aromatic heterocycles. The van der Waals surface area contributed by atoms with Gasteiger partial charge in [-0.2, -0.15) is 26.3 Å². The summed E-state index contributed by atoms with van der Waals surface area (Å²) < 4.78 is 93.0. The molecule has 0 radical (unpaired) electrons. The highest BCUT2D eigenvalue weighted by molar-refractivity contribution is 9.10. The molecule has 1 aliphatic rings. The van der Waals surface area contributed by atoms with Crippen molar-refractivity contribution in [2.75, 3.05) is 32.5 Å². The molecule has 1 aliphatic heterocycles. The molecule has 0 unspecified atom stereocenters. The lowest BCUT2D eigenvalue weighted by Crippen LogP contribution is -2.39. The molecule has 0 fully saturated rings. The summed E-state index contributed by atoms with van der Waals surface area (Å²) in [6.45, 7) is -0.954. The maximum atomic E-state index is 13.3. The molecule has 1 aromatic rings. The number of hydrogen-bond donors (Lipinski definition) is 0. The molecule has 2 rings (SSSR count). The summed E-state index contributed by atoms with van der Waals surface area (Å²) in [5, 5.41) is 0. The van der Waals surface area contributed by atoms with Crippen LogP contribution in [0.3, 0.4) is 0 Å². The fraction of sp³-hybridized carbons (Fsp3) is 0.375. The molecule has 0 saturated heterocycles. The second-order valence-corrected chi connectivity index (χ2v) is 6.41. The largest absolute Gasteiger partial charge is 0.466 e. The third-order valence-corrected chi connectivity index (χ3v) is 4.46. The summed E-state index contributed by atoms with van der Waals surface area (Å²) in [4.78, 5) is 24.9. The highest BCUT2D eigenvalue weighted by atomic mass is 79.9. The van der Waals surface area contributed by atoms with E-state index in [1.54, 1.807) is 0 Å². The Balaban J connectivity index is 2.78. The number of halogens is 7. The van der Waals surface area contributed by atoms with Crippen molar-refractivity contribution in [3.05, 3.63) is 39.0 Å². The number of esters is 2.